The van der Waals surface area contributed by atoms with Crippen LogP contribution in [0.2, 0.25) is 0 Å². The molecule has 0 aromatic rings. The number of nitrogens with zero attached hydrogens (tertiary/aromatic N) is 1. The van der Waals surface area contributed by atoms with Crippen molar-refractivity contribution in [2.45, 2.75) is 59.2 Å². The van der Waals surface area contributed by atoms with E-state index in [1.165, 1.54) is 7.11 Å². The predicted octanol–water partition coefficient (Wildman–Crippen LogP) is 1.17. The normalized spacial score (nSPS) is 14.4. The van der Waals surface area contributed by atoms with Crippen LogP contribution in [-0.4, -0.2) is 48.6 Å². The summed E-state index contributed by atoms with van der Waals surface area (Å²) in [5.41, 5.74) is 0. The maximum Gasteiger partial charge on any atom is 0.319 e. The minimum atomic E-state index is -0.349. The summed E-state index contributed by atoms with van der Waals surface area (Å²) in [5, 5.41) is 2.92. The number of esters is 1. The number of amides is 1. The van der Waals surface area contributed by atoms with Gasteiger partial charge in [0, 0.05) is 12.1 Å². The molecule has 5 nitrogen and oxygen atoms in total. The standard InChI is InChI=1S/C13H26N2O3/c1-7-10(4)14-13(17)11(5)15(9(2)3)8-12(16)18-6/h9-11H,7-8H2,1-6H3,(H,14,17). The van der Waals surface area contributed by atoms with E-state index < -0.39 is 0 Å². The number of carbonyl (C=O) groups excluding carboxylic acids is 2. The molecule has 2 atom stereocenters. The van der Waals surface area contributed by atoms with E-state index in [0.29, 0.717) is 0 Å². The van der Waals surface area contributed by atoms with Gasteiger partial charge in [0.2, 0.25) is 5.91 Å². The van der Waals surface area contributed by atoms with Gasteiger partial charge < -0.3 is 10.1 Å². The number of rotatable bonds is 7. The number of hydrogen-bond donors (Lipinski definition) is 1. The molecule has 0 aromatic heterocycles. The Morgan fingerprint density at radius 2 is 1.78 bits per heavy atom. The Bertz CT molecular complexity index is 279. The first-order valence-electron chi connectivity index (χ1n) is 6.46. The Morgan fingerprint density at radius 3 is 2.17 bits per heavy atom. The fraction of sp³-hybridized carbons (Fsp3) is 0.846. The van der Waals surface area contributed by atoms with Crippen molar-refractivity contribution in [1.82, 2.24) is 10.2 Å². The van der Waals surface area contributed by atoms with E-state index in [4.69, 9.17) is 0 Å². The average molecular weight is 258 g/mol. The zero-order chi connectivity index (χ0) is 14.3. The molecule has 0 aromatic carbocycles. The maximum atomic E-state index is 12.0. The van der Waals surface area contributed by atoms with Crippen LogP contribution >= 0.6 is 0 Å². The minimum absolute atomic E-state index is 0.0537. The molecule has 2 unspecified atom stereocenters. The average Bonchev–Trinajstić information content (AvgIpc) is 2.33. The number of hydrogen-bond acceptors (Lipinski definition) is 4. The molecule has 0 aliphatic carbocycles. The first-order chi connectivity index (χ1) is 8.33. The molecule has 0 bridgehead atoms. The van der Waals surface area contributed by atoms with Gasteiger partial charge in [0.1, 0.15) is 0 Å². The second-order valence-electron chi connectivity index (χ2n) is 4.84. The third-order valence-electron chi connectivity index (χ3n) is 3.08. The van der Waals surface area contributed by atoms with Crippen molar-refractivity contribution in [3.05, 3.63) is 0 Å². The van der Waals surface area contributed by atoms with Crippen LogP contribution in [0.1, 0.15) is 41.0 Å². The van der Waals surface area contributed by atoms with E-state index in [0.717, 1.165) is 6.42 Å². The van der Waals surface area contributed by atoms with Crippen molar-refractivity contribution >= 4 is 11.9 Å². The van der Waals surface area contributed by atoms with Crippen molar-refractivity contribution in [1.29, 1.82) is 0 Å². The van der Waals surface area contributed by atoms with Crippen LogP contribution < -0.4 is 5.32 Å². The first-order valence-corrected chi connectivity index (χ1v) is 6.46. The van der Waals surface area contributed by atoms with Crippen molar-refractivity contribution in [2.24, 2.45) is 0 Å². The van der Waals surface area contributed by atoms with Crippen molar-refractivity contribution in [3.8, 4) is 0 Å². The Hall–Kier alpha value is -1.10. The summed E-state index contributed by atoms with van der Waals surface area (Å²) in [7, 11) is 1.35. The molecule has 0 saturated heterocycles. The highest BCUT2D eigenvalue weighted by Crippen LogP contribution is 2.06. The second-order valence-corrected chi connectivity index (χ2v) is 4.84. The van der Waals surface area contributed by atoms with E-state index in [2.05, 4.69) is 10.1 Å². The predicted molar refractivity (Wildman–Crippen MR) is 71.2 cm³/mol. The zero-order valence-corrected chi connectivity index (χ0v) is 12.3. The highest BCUT2D eigenvalue weighted by atomic mass is 16.5. The molecule has 5 heteroatoms. The lowest BCUT2D eigenvalue weighted by atomic mass is 10.1. The minimum Gasteiger partial charge on any atom is -0.468 e. The molecule has 0 radical (unpaired) electrons. The Morgan fingerprint density at radius 1 is 1.22 bits per heavy atom. The van der Waals surface area contributed by atoms with Gasteiger partial charge >= 0.3 is 5.97 Å². The summed E-state index contributed by atoms with van der Waals surface area (Å²) >= 11 is 0. The van der Waals surface area contributed by atoms with Crippen LogP contribution in [0.3, 0.4) is 0 Å². The van der Waals surface area contributed by atoms with Gasteiger partial charge in [-0.15, -0.1) is 0 Å². The summed E-state index contributed by atoms with van der Waals surface area (Å²) in [4.78, 5) is 25.2. The summed E-state index contributed by atoms with van der Waals surface area (Å²) in [6.07, 6.45) is 0.886. The van der Waals surface area contributed by atoms with Crippen LogP contribution in [0.25, 0.3) is 0 Å². The van der Waals surface area contributed by atoms with Crippen LogP contribution in [0.15, 0.2) is 0 Å². The summed E-state index contributed by atoms with van der Waals surface area (Å²) in [6.45, 7) is 9.82. The fourth-order valence-electron chi connectivity index (χ4n) is 1.60. The number of methoxy groups -OCH3 is 1. The van der Waals surface area contributed by atoms with Gasteiger partial charge in [0.05, 0.1) is 19.7 Å². The lowest BCUT2D eigenvalue weighted by Crippen LogP contribution is -2.51. The molecule has 0 heterocycles. The molecule has 1 amide bonds. The molecule has 0 aliphatic heterocycles. The lowest BCUT2D eigenvalue weighted by molar-refractivity contribution is -0.144. The summed E-state index contributed by atoms with van der Waals surface area (Å²) < 4.78 is 4.65. The van der Waals surface area contributed by atoms with E-state index in [1.54, 1.807) is 6.92 Å². The molecule has 18 heavy (non-hydrogen) atoms. The second kappa shape index (κ2) is 8.08. The molecule has 0 spiro atoms. The van der Waals surface area contributed by atoms with Gasteiger partial charge in [-0.05, 0) is 34.1 Å². The van der Waals surface area contributed by atoms with Crippen LogP contribution in [-0.2, 0) is 14.3 Å². The Labute approximate surface area is 110 Å². The van der Waals surface area contributed by atoms with E-state index in [9.17, 15) is 9.59 Å². The van der Waals surface area contributed by atoms with Crippen molar-refractivity contribution < 1.29 is 14.3 Å². The Balaban J connectivity index is 4.60. The molecule has 0 fully saturated rings. The summed E-state index contributed by atoms with van der Waals surface area (Å²) in [5.74, 6) is -0.381. The molecular weight excluding hydrogens is 232 g/mol. The molecule has 0 saturated carbocycles. The van der Waals surface area contributed by atoms with Crippen LogP contribution in [0, 0.1) is 0 Å². The van der Waals surface area contributed by atoms with Gasteiger partial charge in [0.25, 0.3) is 0 Å². The van der Waals surface area contributed by atoms with Gasteiger partial charge in [0.15, 0.2) is 0 Å². The number of carbonyl (C=O) groups is 2. The molecule has 106 valence electrons. The van der Waals surface area contributed by atoms with Crippen LogP contribution in [0.4, 0.5) is 0 Å². The van der Waals surface area contributed by atoms with E-state index in [-0.39, 0.29) is 36.5 Å². The lowest BCUT2D eigenvalue weighted by Gasteiger charge is -2.31. The number of nitrogens with one attached hydrogen (secondary N) is 1. The quantitative estimate of drug-likeness (QED) is 0.697. The molecular formula is C13H26N2O3. The highest BCUT2D eigenvalue weighted by molar-refractivity contribution is 5.82. The zero-order valence-electron chi connectivity index (χ0n) is 12.3. The topological polar surface area (TPSA) is 58.6 Å². The number of ether oxygens (including phenoxy) is 1. The van der Waals surface area contributed by atoms with E-state index in [1.807, 2.05) is 32.6 Å². The van der Waals surface area contributed by atoms with Crippen molar-refractivity contribution in [2.75, 3.05) is 13.7 Å². The molecule has 1 N–H and O–H groups in total. The largest absolute Gasteiger partial charge is 0.468 e. The third kappa shape index (κ3) is 5.49. The Kier molecular flexibility index (Phi) is 7.59. The van der Waals surface area contributed by atoms with Crippen molar-refractivity contribution in [3.63, 3.8) is 0 Å². The highest BCUT2D eigenvalue weighted by Gasteiger charge is 2.26. The molecule has 0 aliphatic rings. The third-order valence-corrected chi connectivity index (χ3v) is 3.08. The monoisotopic (exact) mass is 258 g/mol. The van der Waals surface area contributed by atoms with Gasteiger partial charge in [-0.2, -0.15) is 0 Å². The van der Waals surface area contributed by atoms with Gasteiger partial charge in [-0.3, -0.25) is 14.5 Å². The fourth-order valence-corrected chi connectivity index (χ4v) is 1.60. The van der Waals surface area contributed by atoms with Gasteiger partial charge in [-0.1, -0.05) is 6.92 Å². The SMILES string of the molecule is CCC(C)NC(=O)C(C)N(CC(=O)OC)C(C)C. The maximum absolute atomic E-state index is 12.0. The summed E-state index contributed by atoms with van der Waals surface area (Å²) in [6, 6.07) is -0.105. The first kappa shape index (κ1) is 16.9. The van der Waals surface area contributed by atoms with E-state index >= 15 is 0 Å². The smallest absolute Gasteiger partial charge is 0.319 e. The van der Waals surface area contributed by atoms with Crippen LogP contribution in [0.5, 0.6) is 0 Å². The van der Waals surface area contributed by atoms with Gasteiger partial charge in [-0.25, -0.2) is 0 Å². The molecule has 0 rings (SSSR count).